The number of nitrogens with zero attached hydrogens (tertiary/aromatic N) is 1. The van der Waals surface area contributed by atoms with Crippen LogP contribution in [0.2, 0.25) is 0 Å². The molecule has 6 heteroatoms. The second kappa shape index (κ2) is 5.42. The van der Waals surface area contributed by atoms with Crippen LogP contribution < -0.4 is 5.73 Å². The van der Waals surface area contributed by atoms with Gasteiger partial charge in [-0.25, -0.2) is 8.42 Å². The van der Waals surface area contributed by atoms with Gasteiger partial charge in [0.2, 0.25) is 15.9 Å². The predicted molar refractivity (Wildman–Crippen MR) is 81.5 cm³/mol. The number of amides is 1. The third kappa shape index (κ3) is 2.58. The number of sulfonamides is 1. The van der Waals surface area contributed by atoms with E-state index in [-0.39, 0.29) is 0 Å². The Labute approximate surface area is 126 Å². The van der Waals surface area contributed by atoms with Gasteiger partial charge < -0.3 is 5.73 Å². The molecule has 1 aliphatic rings. The summed E-state index contributed by atoms with van der Waals surface area (Å²) in [5.41, 5.74) is 8.71. The molecule has 0 unspecified atom stereocenters. The molecule has 0 radical (unpaired) electrons. The molecule has 1 atom stereocenters. The van der Waals surface area contributed by atoms with Crippen LogP contribution in [0.4, 0.5) is 0 Å². The molecule has 0 saturated carbocycles. The second-order valence-corrected chi connectivity index (χ2v) is 7.59. The minimum Gasteiger partial charge on any atom is -0.368 e. The zero-order valence-electron chi connectivity index (χ0n) is 12.9. The first kappa shape index (κ1) is 16.0. The number of hydrogen-bond donors (Lipinski definition) is 1. The van der Waals surface area contributed by atoms with E-state index < -0.39 is 22.0 Å². The van der Waals surface area contributed by atoms with Crippen molar-refractivity contribution in [1.29, 1.82) is 0 Å². The zero-order chi connectivity index (χ0) is 15.9. The Balaban J connectivity index is 2.63. The molecule has 2 rings (SSSR count). The fourth-order valence-electron chi connectivity index (χ4n) is 3.00. The smallest absolute Gasteiger partial charge is 0.244 e. The minimum atomic E-state index is -3.71. The highest BCUT2D eigenvalue weighted by molar-refractivity contribution is 7.89. The number of nitrogens with two attached hydrogens (primary N) is 1. The summed E-state index contributed by atoms with van der Waals surface area (Å²) in [6.45, 7) is 7.77. The average molecular weight is 310 g/mol. The van der Waals surface area contributed by atoms with Gasteiger partial charge >= 0.3 is 0 Å². The van der Waals surface area contributed by atoms with Crippen molar-refractivity contribution in [3.63, 3.8) is 0 Å². The van der Waals surface area contributed by atoms with Gasteiger partial charge in [-0.15, -0.1) is 0 Å². The number of hydrogen-bond acceptors (Lipinski definition) is 3. The molecule has 0 bridgehead atoms. The summed E-state index contributed by atoms with van der Waals surface area (Å²) in [5, 5.41) is 0. The first-order chi connectivity index (χ1) is 9.67. The lowest BCUT2D eigenvalue weighted by molar-refractivity contribution is -0.121. The standard InChI is InChI=1S/C15H22N2O3S/c1-9-8-10(2)12(4)14(11(9)3)21(19,20)17-7-5-6-13(17)15(16)18/h8,13H,5-7H2,1-4H3,(H2,16,18)/t13-/m0/s1. The van der Waals surface area contributed by atoms with Crippen molar-refractivity contribution in [2.24, 2.45) is 5.73 Å². The van der Waals surface area contributed by atoms with Gasteiger partial charge in [0.1, 0.15) is 6.04 Å². The molecule has 1 aromatic rings. The predicted octanol–water partition coefficient (Wildman–Crippen LogP) is 1.56. The Kier molecular flexibility index (Phi) is 4.13. The molecule has 0 aliphatic carbocycles. The number of carbonyl (C=O) groups excluding carboxylic acids is 1. The van der Waals surface area contributed by atoms with Gasteiger partial charge in [0.05, 0.1) is 4.90 Å². The molecule has 1 aliphatic heterocycles. The van der Waals surface area contributed by atoms with Crippen LogP contribution in [0.25, 0.3) is 0 Å². The van der Waals surface area contributed by atoms with Gasteiger partial charge in [-0.05, 0) is 62.8 Å². The van der Waals surface area contributed by atoms with Crippen LogP contribution in [0.5, 0.6) is 0 Å². The summed E-state index contributed by atoms with van der Waals surface area (Å²) in [6, 6.07) is 1.26. The van der Waals surface area contributed by atoms with Crippen molar-refractivity contribution >= 4 is 15.9 Å². The Morgan fingerprint density at radius 1 is 1.19 bits per heavy atom. The summed E-state index contributed by atoms with van der Waals surface area (Å²) < 4.78 is 27.3. The van der Waals surface area contributed by atoms with Gasteiger partial charge in [-0.1, -0.05) is 6.07 Å². The third-order valence-corrected chi connectivity index (χ3v) is 6.58. The summed E-state index contributed by atoms with van der Waals surface area (Å²) in [7, 11) is -3.71. The maximum atomic E-state index is 13.0. The van der Waals surface area contributed by atoms with Crippen molar-refractivity contribution in [2.75, 3.05) is 6.54 Å². The van der Waals surface area contributed by atoms with Crippen LogP contribution in [0.3, 0.4) is 0 Å². The summed E-state index contributed by atoms with van der Waals surface area (Å²) in [6.07, 6.45) is 1.16. The lowest BCUT2D eigenvalue weighted by Crippen LogP contribution is -2.44. The molecule has 0 spiro atoms. The first-order valence-corrected chi connectivity index (χ1v) is 8.50. The van der Waals surface area contributed by atoms with Gasteiger partial charge in [0.25, 0.3) is 0 Å². The molecule has 1 heterocycles. The Hall–Kier alpha value is -1.40. The molecule has 116 valence electrons. The monoisotopic (exact) mass is 310 g/mol. The topological polar surface area (TPSA) is 80.5 Å². The van der Waals surface area contributed by atoms with Gasteiger partial charge in [-0.2, -0.15) is 4.31 Å². The van der Waals surface area contributed by atoms with E-state index in [1.807, 2.05) is 33.8 Å². The van der Waals surface area contributed by atoms with E-state index in [4.69, 9.17) is 5.73 Å². The number of benzene rings is 1. The molecule has 2 N–H and O–H groups in total. The van der Waals surface area contributed by atoms with Crippen molar-refractivity contribution in [3.8, 4) is 0 Å². The Bertz CT molecular complexity index is 669. The number of rotatable bonds is 3. The molecule has 1 fully saturated rings. The molecule has 21 heavy (non-hydrogen) atoms. The first-order valence-electron chi connectivity index (χ1n) is 7.06. The SMILES string of the molecule is Cc1cc(C)c(C)c(S(=O)(=O)N2CCC[C@H]2C(N)=O)c1C. The Morgan fingerprint density at radius 3 is 2.19 bits per heavy atom. The fraction of sp³-hybridized carbons (Fsp3) is 0.533. The van der Waals surface area contributed by atoms with Crippen molar-refractivity contribution in [3.05, 3.63) is 28.3 Å². The number of carbonyl (C=O) groups is 1. The zero-order valence-corrected chi connectivity index (χ0v) is 13.8. The van der Waals surface area contributed by atoms with Crippen LogP contribution in [-0.2, 0) is 14.8 Å². The molecule has 1 amide bonds. The van der Waals surface area contributed by atoms with Crippen LogP contribution in [0, 0.1) is 27.7 Å². The highest BCUT2D eigenvalue weighted by Gasteiger charge is 2.39. The average Bonchev–Trinajstić information content (AvgIpc) is 2.86. The van der Waals surface area contributed by atoms with Crippen LogP contribution >= 0.6 is 0 Å². The van der Waals surface area contributed by atoms with E-state index in [0.29, 0.717) is 24.3 Å². The minimum absolute atomic E-state index is 0.327. The van der Waals surface area contributed by atoms with E-state index in [2.05, 4.69) is 0 Å². The van der Waals surface area contributed by atoms with Gasteiger partial charge in [0.15, 0.2) is 0 Å². The summed E-state index contributed by atoms with van der Waals surface area (Å²) >= 11 is 0. The summed E-state index contributed by atoms with van der Waals surface area (Å²) in [4.78, 5) is 11.8. The molecule has 1 saturated heterocycles. The van der Waals surface area contributed by atoms with Gasteiger partial charge in [0, 0.05) is 6.54 Å². The fourth-order valence-corrected chi connectivity index (χ4v) is 5.24. The van der Waals surface area contributed by atoms with E-state index in [0.717, 1.165) is 22.3 Å². The van der Waals surface area contributed by atoms with Crippen LogP contribution in [0.15, 0.2) is 11.0 Å². The highest BCUT2D eigenvalue weighted by Crippen LogP contribution is 2.32. The largest absolute Gasteiger partial charge is 0.368 e. The molecule has 0 aromatic heterocycles. The van der Waals surface area contributed by atoms with Crippen molar-refractivity contribution in [1.82, 2.24) is 4.31 Å². The quantitative estimate of drug-likeness (QED) is 0.920. The maximum absolute atomic E-state index is 13.0. The van der Waals surface area contributed by atoms with E-state index >= 15 is 0 Å². The van der Waals surface area contributed by atoms with Crippen molar-refractivity contribution < 1.29 is 13.2 Å². The third-order valence-electron chi connectivity index (χ3n) is 4.40. The molecule has 1 aromatic carbocycles. The van der Waals surface area contributed by atoms with Gasteiger partial charge in [-0.3, -0.25) is 4.79 Å². The van der Waals surface area contributed by atoms with Crippen molar-refractivity contribution in [2.45, 2.75) is 51.5 Å². The summed E-state index contributed by atoms with van der Waals surface area (Å²) in [5.74, 6) is -0.573. The molecule has 5 nitrogen and oxygen atoms in total. The maximum Gasteiger partial charge on any atom is 0.244 e. The van der Waals surface area contributed by atoms with Crippen LogP contribution in [-0.4, -0.2) is 31.2 Å². The van der Waals surface area contributed by atoms with E-state index in [1.54, 1.807) is 0 Å². The molecular weight excluding hydrogens is 288 g/mol. The highest BCUT2D eigenvalue weighted by atomic mass is 32.2. The van der Waals surface area contributed by atoms with E-state index in [9.17, 15) is 13.2 Å². The molecular formula is C15H22N2O3S. The van der Waals surface area contributed by atoms with Crippen LogP contribution in [0.1, 0.15) is 35.1 Å². The number of aryl methyl sites for hydroxylation is 2. The lowest BCUT2D eigenvalue weighted by atomic mass is 10.0. The number of primary amides is 1. The second-order valence-electron chi connectivity index (χ2n) is 5.77. The normalized spacial score (nSPS) is 19.9. The van der Waals surface area contributed by atoms with E-state index in [1.165, 1.54) is 4.31 Å². The Morgan fingerprint density at radius 2 is 1.71 bits per heavy atom. The lowest BCUT2D eigenvalue weighted by Gasteiger charge is -2.25.